The van der Waals surface area contributed by atoms with Gasteiger partial charge in [0, 0.05) is 5.69 Å². The fourth-order valence-corrected chi connectivity index (χ4v) is 5.39. The number of ether oxygens (including phenoxy) is 1. The van der Waals surface area contributed by atoms with E-state index in [1.54, 1.807) is 4.68 Å². The van der Waals surface area contributed by atoms with Gasteiger partial charge < -0.3 is 10.1 Å². The van der Waals surface area contributed by atoms with Crippen LogP contribution >= 0.6 is 0 Å². The summed E-state index contributed by atoms with van der Waals surface area (Å²) < 4.78 is 38.7. The number of urea groups is 1. The first-order chi connectivity index (χ1) is 13.7. The average molecular weight is 419 g/mol. The predicted molar refractivity (Wildman–Crippen MR) is 105 cm³/mol. The first-order valence-electron chi connectivity index (χ1n) is 9.62. The van der Waals surface area contributed by atoms with Crippen molar-refractivity contribution in [3.8, 4) is 5.88 Å². The normalized spacial score (nSPS) is 20.0. The second-order valence-electron chi connectivity index (χ2n) is 8.38. The van der Waals surface area contributed by atoms with Gasteiger partial charge in [-0.15, -0.1) is 4.36 Å². The topological polar surface area (TPSA) is 112 Å². The molecule has 8 nitrogen and oxygen atoms in total. The molecule has 0 spiro atoms. The minimum absolute atomic E-state index is 0.0931. The smallest absolute Gasteiger partial charge is 0.354 e. The summed E-state index contributed by atoms with van der Waals surface area (Å²) >= 11 is 0. The maximum Gasteiger partial charge on any atom is 0.354 e. The van der Waals surface area contributed by atoms with Gasteiger partial charge in [0.05, 0.1) is 12.7 Å². The number of fused-ring (bicyclic) bond motifs is 3. The third kappa shape index (κ3) is 2.84. The van der Waals surface area contributed by atoms with Gasteiger partial charge in [-0.05, 0) is 68.2 Å². The summed E-state index contributed by atoms with van der Waals surface area (Å²) in [5, 5.41) is 12.8. The van der Waals surface area contributed by atoms with Crippen LogP contribution in [0.25, 0.3) is 0 Å². The molecule has 2 heterocycles. The largest absolute Gasteiger partial charge is 0.469 e. The van der Waals surface area contributed by atoms with Gasteiger partial charge in [0.15, 0.2) is 9.92 Å². The summed E-state index contributed by atoms with van der Waals surface area (Å²) in [6.07, 6.45) is 4.90. The highest BCUT2D eigenvalue weighted by atomic mass is 32.2. The Labute approximate surface area is 167 Å². The monoisotopic (exact) mass is 419 g/mol. The molecule has 10 heteroatoms. The zero-order valence-electron chi connectivity index (χ0n) is 16.2. The molecule has 3 N–H and O–H groups in total. The van der Waals surface area contributed by atoms with E-state index < -0.39 is 21.5 Å². The van der Waals surface area contributed by atoms with Crippen LogP contribution in [-0.2, 0) is 42.1 Å². The van der Waals surface area contributed by atoms with Crippen LogP contribution in [-0.4, -0.2) is 25.6 Å². The van der Waals surface area contributed by atoms with Crippen molar-refractivity contribution in [3.63, 3.8) is 0 Å². The van der Waals surface area contributed by atoms with Crippen molar-refractivity contribution in [2.75, 3.05) is 5.32 Å². The molecular weight excluding hydrogens is 397 g/mol. The number of benzene rings is 1. The molecule has 2 amide bonds. The van der Waals surface area contributed by atoms with E-state index in [2.05, 4.69) is 14.8 Å². The van der Waals surface area contributed by atoms with E-state index in [0.29, 0.717) is 49.0 Å². The summed E-state index contributed by atoms with van der Waals surface area (Å²) in [5.41, 5.74) is 3.09. The van der Waals surface area contributed by atoms with Crippen molar-refractivity contribution in [2.45, 2.75) is 63.0 Å². The first kappa shape index (κ1) is 18.6. The molecule has 5 rings (SSSR count). The number of nitrogens with two attached hydrogens (primary N) is 1. The van der Waals surface area contributed by atoms with Gasteiger partial charge in [0.1, 0.15) is 16.3 Å². The zero-order chi connectivity index (χ0) is 20.6. The minimum atomic E-state index is -3.56. The van der Waals surface area contributed by atoms with Gasteiger partial charge in [-0.25, -0.2) is 23.2 Å². The summed E-state index contributed by atoms with van der Waals surface area (Å²) in [6.45, 7) is 4.23. The number of nitrogens with one attached hydrogen (secondary N) is 1. The van der Waals surface area contributed by atoms with Crippen LogP contribution in [0, 0.1) is 5.82 Å². The third-order valence-corrected chi connectivity index (χ3v) is 7.12. The third-order valence-electron chi connectivity index (χ3n) is 5.77. The lowest BCUT2D eigenvalue weighted by Gasteiger charge is -2.26. The van der Waals surface area contributed by atoms with Crippen LogP contribution in [0.5, 0.6) is 5.88 Å². The molecule has 2 aliphatic carbocycles. The Morgan fingerprint density at radius 3 is 2.66 bits per heavy atom. The Balaban J connectivity index is 1.48. The van der Waals surface area contributed by atoms with Crippen molar-refractivity contribution in [1.29, 1.82) is 0 Å². The SMILES string of the molecule is CC1(C)Cn2ncc([S@@](N)(=O)=NC(=O)Nc3c4c(c(F)c5c3CC5)CCC4)c2O1. The number of nitrogens with zero attached hydrogens (tertiary/aromatic N) is 3. The Morgan fingerprint density at radius 2 is 1.93 bits per heavy atom. The molecule has 1 atom stereocenters. The molecule has 0 saturated carbocycles. The number of rotatable bonds is 2. The lowest BCUT2D eigenvalue weighted by Crippen LogP contribution is -2.27. The van der Waals surface area contributed by atoms with E-state index in [1.807, 2.05) is 13.8 Å². The molecule has 154 valence electrons. The van der Waals surface area contributed by atoms with Crippen LogP contribution in [0.3, 0.4) is 0 Å². The highest BCUT2D eigenvalue weighted by Crippen LogP contribution is 2.42. The molecular formula is C19H22FN5O3S. The number of anilines is 1. The molecule has 1 aromatic carbocycles. The molecule has 2 aromatic rings. The molecule has 0 radical (unpaired) electrons. The summed E-state index contributed by atoms with van der Waals surface area (Å²) in [4.78, 5) is 12.7. The van der Waals surface area contributed by atoms with Crippen molar-refractivity contribution in [3.05, 3.63) is 34.3 Å². The van der Waals surface area contributed by atoms with Crippen LogP contribution < -0.4 is 15.2 Å². The fourth-order valence-electron chi connectivity index (χ4n) is 4.40. The number of carbonyl (C=O) groups excluding carboxylic acids is 1. The maximum atomic E-state index is 14.6. The molecule has 0 bridgehead atoms. The van der Waals surface area contributed by atoms with E-state index in [1.165, 1.54) is 6.20 Å². The van der Waals surface area contributed by atoms with Crippen LogP contribution in [0.2, 0.25) is 0 Å². The standard InChI is InChI=1S/C19H22FN5O3S/c1-19(2)9-25-17(28-19)14(8-22-25)29(21,27)24-18(26)23-16-12-5-3-4-10(12)15(20)11-6-7-13(11)16/h8H,3-7,9H2,1-2H3,(H3,21,23,24,26,27)/t29-/m0/s1. The fraction of sp³-hybridized carbons (Fsp3) is 0.474. The van der Waals surface area contributed by atoms with Gasteiger partial charge in [-0.1, -0.05) is 0 Å². The van der Waals surface area contributed by atoms with Gasteiger partial charge >= 0.3 is 6.03 Å². The Bertz CT molecular complexity index is 1190. The van der Waals surface area contributed by atoms with E-state index >= 15 is 0 Å². The zero-order valence-corrected chi connectivity index (χ0v) is 17.1. The Morgan fingerprint density at radius 1 is 1.28 bits per heavy atom. The lowest BCUT2D eigenvalue weighted by molar-refractivity contribution is 0.132. The van der Waals surface area contributed by atoms with E-state index in [-0.39, 0.29) is 16.6 Å². The maximum absolute atomic E-state index is 14.6. The molecule has 0 saturated heterocycles. The number of hydrogen-bond donors (Lipinski definition) is 2. The molecule has 29 heavy (non-hydrogen) atoms. The lowest BCUT2D eigenvalue weighted by atomic mass is 9.83. The second kappa shape index (κ2) is 6.02. The molecule has 1 aliphatic heterocycles. The summed E-state index contributed by atoms with van der Waals surface area (Å²) in [5.74, 6) is 0.136. The highest BCUT2D eigenvalue weighted by Gasteiger charge is 2.36. The van der Waals surface area contributed by atoms with Crippen molar-refractivity contribution < 1.29 is 18.1 Å². The van der Waals surface area contributed by atoms with Gasteiger partial charge in [-0.3, -0.25) is 0 Å². The second-order valence-corrected chi connectivity index (χ2v) is 10.1. The molecule has 0 unspecified atom stereocenters. The minimum Gasteiger partial charge on any atom is -0.469 e. The van der Waals surface area contributed by atoms with Gasteiger partial charge in [0.2, 0.25) is 5.88 Å². The Hall–Kier alpha value is -2.46. The van der Waals surface area contributed by atoms with Crippen molar-refractivity contribution in [2.24, 2.45) is 9.50 Å². The van der Waals surface area contributed by atoms with Crippen LogP contribution in [0.4, 0.5) is 14.9 Å². The molecule has 3 aliphatic rings. The average Bonchev–Trinajstić information content (AvgIpc) is 3.24. The molecule has 1 aromatic heterocycles. The summed E-state index contributed by atoms with van der Waals surface area (Å²) in [7, 11) is -3.56. The van der Waals surface area contributed by atoms with Crippen LogP contribution in [0.15, 0.2) is 15.5 Å². The van der Waals surface area contributed by atoms with E-state index in [9.17, 15) is 13.4 Å². The number of halogens is 1. The quantitative estimate of drug-likeness (QED) is 0.779. The highest BCUT2D eigenvalue weighted by molar-refractivity contribution is 7.91. The van der Waals surface area contributed by atoms with E-state index in [4.69, 9.17) is 9.88 Å². The first-order valence-corrected chi connectivity index (χ1v) is 11.2. The van der Waals surface area contributed by atoms with Crippen molar-refractivity contribution >= 4 is 21.6 Å². The number of aromatic nitrogens is 2. The van der Waals surface area contributed by atoms with Gasteiger partial charge in [0.25, 0.3) is 0 Å². The number of hydrogen-bond acceptors (Lipinski definition) is 4. The molecule has 0 fully saturated rings. The van der Waals surface area contributed by atoms with Crippen LogP contribution in [0.1, 0.15) is 42.5 Å². The Kier molecular flexibility index (Phi) is 3.85. The van der Waals surface area contributed by atoms with E-state index in [0.717, 1.165) is 17.5 Å². The predicted octanol–water partition coefficient (Wildman–Crippen LogP) is 2.71. The number of amides is 2. The van der Waals surface area contributed by atoms with Crippen molar-refractivity contribution in [1.82, 2.24) is 9.78 Å². The van der Waals surface area contributed by atoms with Gasteiger partial charge in [-0.2, -0.15) is 5.10 Å². The number of carbonyl (C=O) groups is 1. The summed E-state index contributed by atoms with van der Waals surface area (Å²) in [6, 6.07) is -0.815.